The maximum Gasteiger partial charge on any atom is 0.264 e. The quantitative estimate of drug-likeness (QED) is 0.177. The van der Waals surface area contributed by atoms with E-state index in [2.05, 4.69) is 15.8 Å². The molecule has 0 aromatic heterocycles. The second kappa shape index (κ2) is 13.8. The number of rotatable bonds is 11. The van der Waals surface area contributed by atoms with Crippen LogP contribution in [0.4, 0.5) is 11.4 Å². The normalized spacial score (nSPS) is 11.2. The van der Waals surface area contributed by atoms with Crippen molar-refractivity contribution in [2.24, 2.45) is 5.10 Å². The first-order valence-electron chi connectivity index (χ1n) is 12.9. The van der Waals surface area contributed by atoms with Crippen molar-refractivity contribution in [3.05, 3.63) is 119 Å². The van der Waals surface area contributed by atoms with Gasteiger partial charge in [-0.15, -0.1) is 0 Å². The lowest BCUT2D eigenvalue weighted by atomic mass is 10.2. The van der Waals surface area contributed by atoms with Gasteiger partial charge < -0.3 is 10.1 Å². The summed E-state index contributed by atoms with van der Waals surface area (Å²) in [4.78, 5) is 24.9. The molecule has 0 heterocycles. The fourth-order valence-corrected chi connectivity index (χ4v) is 5.36. The molecule has 0 aliphatic rings. The number of ether oxygens (including phenoxy) is 1. The maximum absolute atomic E-state index is 13.4. The number of amides is 2. The molecule has 2 amide bonds. The van der Waals surface area contributed by atoms with E-state index >= 15 is 0 Å². The molecule has 11 heteroatoms. The zero-order chi connectivity index (χ0) is 30.1. The van der Waals surface area contributed by atoms with Crippen LogP contribution in [0.2, 0.25) is 5.02 Å². The number of carbonyl (C=O) groups excluding carboxylic acids is 2. The summed E-state index contributed by atoms with van der Waals surface area (Å²) in [5.74, 6) is -0.459. The first-order valence-corrected chi connectivity index (χ1v) is 14.7. The van der Waals surface area contributed by atoms with Gasteiger partial charge in [0.05, 0.1) is 16.8 Å². The Morgan fingerprint density at radius 3 is 2.26 bits per heavy atom. The zero-order valence-corrected chi connectivity index (χ0v) is 24.5. The highest BCUT2D eigenvalue weighted by Crippen LogP contribution is 2.28. The molecular formula is C31H29ClN4O5S. The molecule has 4 aromatic carbocycles. The highest BCUT2D eigenvalue weighted by molar-refractivity contribution is 7.92. The summed E-state index contributed by atoms with van der Waals surface area (Å²) in [6.07, 6.45) is 1.41. The largest absolute Gasteiger partial charge is 0.484 e. The van der Waals surface area contributed by atoms with E-state index in [1.54, 1.807) is 61.5 Å². The Morgan fingerprint density at radius 2 is 1.60 bits per heavy atom. The molecule has 9 nitrogen and oxygen atoms in total. The number of nitrogens with one attached hydrogen (secondary N) is 2. The van der Waals surface area contributed by atoms with Gasteiger partial charge in [0, 0.05) is 10.7 Å². The minimum atomic E-state index is -4.07. The van der Waals surface area contributed by atoms with Gasteiger partial charge in [0.15, 0.2) is 6.61 Å². The van der Waals surface area contributed by atoms with Crippen molar-refractivity contribution < 1.29 is 22.7 Å². The van der Waals surface area contributed by atoms with Crippen LogP contribution in [0.5, 0.6) is 5.75 Å². The molecule has 216 valence electrons. The van der Waals surface area contributed by atoms with E-state index in [1.807, 2.05) is 31.2 Å². The van der Waals surface area contributed by atoms with Crippen molar-refractivity contribution in [2.45, 2.75) is 18.7 Å². The van der Waals surface area contributed by atoms with Crippen molar-refractivity contribution in [2.75, 3.05) is 22.8 Å². The summed E-state index contributed by atoms with van der Waals surface area (Å²) in [6.45, 7) is 3.08. The van der Waals surface area contributed by atoms with Gasteiger partial charge in [0.25, 0.3) is 21.8 Å². The Hall–Kier alpha value is -4.67. The van der Waals surface area contributed by atoms with E-state index in [-0.39, 0.29) is 23.1 Å². The summed E-state index contributed by atoms with van der Waals surface area (Å²) in [6, 6.07) is 26.8. The van der Waals surface area contributed by atoms with Gasteiger partial charge in [-0.2, -0.15) is 5.10 Å². The summed E-state index contributed by atoms with van der Waals surface area (Å²) in [5, 5.41) is 7.09. The fourth-order valence-electron chi connectivity index (χ4n) is 3.75. The second-order valence-corrected chi connectivity index (χ2v) is 11.6. The lowest BCUT2D eigenvalue weighted by molar-refractivity contribution is -0.119. The molecule has 0 spiro atoms. The molecule has 0 fully saturated rings. The third kappa shape index (κ3) is 8.18. The number of nitrogens with zero attached hydrogens (tertiary/aromatic N) is 2. The number of hydrazone groups is 1. The van der Waals surface area contributed by atoms with Gasteiger partial charge in [0.2, 0.25) is 0 Å². The molecule has 4 aromatic rings. The van der Waals surface area contributed by atoms with Crippen LogP contribution in [-0.2, 0) is 19.6 Å². The molecule has 0 bridgehead atoms. The first-order chi connectivity index (χ1) is 20.1. The molecule has 0 saturated heterocycles. The van der Waals surface area contributed by atoms with Crippen LogP contribution in [-0.4, -0.2) is 39.6 Å². The van der Waals surface area contributed by atoms with Crippen LogP contribution in [0.25, 0.3) is 0 Å². The van der Waals surface area contributed by atoms with Crippen LogP contribution in [0.15, 0.2) is 107 Å². The predicted octanol–water partition coefficient (Wildman–Crippen LogP) is 5.32. The molecule has 0 radical (unpaired) electrons. The van der Waals surface area contributed by atoms with E-state index in [4.69, 9.17) is 16.3 Å². The van der Waals surface area contributed by atoms with Crippen LogP contribution >= 0.6 is 11.6 Å². The molecule has 0 atom stereocenters. The SMILES string of the molecule is Cc1ccc(NC(=O)COc2ccc(/C=N\NC(=O)CN(c3ccc(C)c(Cl)c3)S(=O)(=O)c3ccccc3)cc2)cc1. The van der Waals surface area contributed by atoms with Crippen molar-refractivity contribution >= 4 is 51.0 Å². The molecule has 0 saturated carbocycles. The van der Waals surface area contributed by atoms with Crippen LogP contribution in [0.1, 0.15) is 16.7 Å². The number of anilines is 2. The maximum atomic E-state index is 13.4. The van der Waals surface area contributed by atoms with Crippen LogP contribution in [0.3, 0.4) is 0 Å². The number of aryl methyl sites for hydroxylation is 2. The molecule has 4 rings (SSSR count). The average Bonchev–Trinajstić information content (AvgIpc) is 2.98. The standard InChI is InChI=1S/C31H29ClN4O5S/c1-22-8-13-25(14-9-22)34-31(38)21-41-27-16-11-24(12-17-27)19-33-35-30(37)20-36(26-15-10-23(2)29(32)18-26)42(39,40)28-6-4-3-5-7-28/h3-19H,20-21H2,1-2H3,(H,34,38)(H,35,37)/b33-19-. The average molecular weight is 605 g/mol. The minimum Gasteiger partial charge on any atom is -0.484 e. The molecule has 0 aliphatic heterocycles. The number of benzene rings is 4. The Labute approximate surface area is 249 Å². The van der Waals surface area contributed by atoms with Crippen molar-refractivity contribution in [3.8, 4) is 5.75 Å². The van der Waals surface area contributed by atoms with Crippen molar-refractivity contribution in [1.29, 1.82) is 0 Å². The Morgan fingerprint density at radius 1 is 0.905 bits per heavy atom. The summed E-state index contributed by atoms with van der Waals surface area (Å²) >= 11 is 6.25. The Kier molecular flexibility index (Phi) is 9.95. The van der Waals surface area contributed by atoms with Crippen molar-refractivity contribution in [1.82, 2.24) is 5.43 Å². The first kappa shape index (κ1) is 30.3. The molecular weight excluding hydrogens is 576 g/mol. The van der Waals surface area contributed by atoms with Crippen LogP contribution in [0, 0.1) is 13.8 Å². The van der Waals surface area contributed by atoms with E-state index in [1.165, 1.54) is 24.4 Å². The molecule has 42 heavy (non-hydrogen) atoms. The molecule has 0 aliphatic carbocycles. The number of carbonyl (C=O) groups is 2. The van der Waals surface area contributed by atoms with E-state index in [0.717, 1.165) is 15.4 Å². The minimum absolute atomic E-state index is 0.0351. The Bertz CT molecular complexity index is 1680. The van der Waals surface area contributed by atoms with Gasteiger partial charge in [-0.1, -0.05) is 53.6 Å². The van der Waals surface area contributed by atoms with Gasteiger partial charge in [-0.25, -0.2) is 13.8 Å². The number of hydrogen-bond donors (Lipinski definition) is 2. The second-order valence-electron chi connectivity index (χ2n) is 9.32. The fraction of sp³-hybridized carbons (Fsp3) is 0.129. The lowest BCUT2D eigenvalue weighted by Crippen LogP contribution is -2.39. The van der Waals surface area contributed by atoms with E-state index in [9.17, 15) is 18.0 Å². The summed E-state index contributed by atoms with van der Waals surface area (Å²) in [5.41, 5.74) is 5.81. The third-order valence-electron chi connectivity index (χ3n) is 6.05. The molecule has 0 unspecified atom stereocenters. The van der Waals surface area contributed by atoms with Gasteiger partial charge >= 0.3 is 0 Å². The Balaban J connectivity index is 1.35. The van der Waals surface area contributed by atoms with Gasteiger partial charge in [-0.05, 0) is 85.6 Å². The number of halogens is 1. The van der Waals surface area contributed by atoms with E-state index < -0.39 is 22.5 Å². The number of hydrogen-bond acceptors (Lipinski definition) is 6. The molecule has 2 N–H and O–H groups in total. The van der Waals surface area contributed by atoms with Crippen molar-refractivity contribution in [3.63, 3.8) is 0 Å². The smallest absolute Gasteiger partial charge is 0.264 e. The topological polar surface area (TPSA) is 117 Å². The highest BCUT2D eigenvalue weighted by Gasteiger charge is 2.27. The van der Waals surface area contributed by atoms with Gasteiger partial charge in [-0.3, -0.25) is 13.9 Å². The predicted molar refractivity (Wildman–Crippen MR) is 165 cm³/mol. The third-order valence-corrected chi connectivity index (χ3v) is 8.25. The summed E-state index contributed by atoms with van der Waals surface area (Å²) < 4.78 is 33.4. The lowest BCUT2D eigenvalue weighted by Gasteiger charge is -2.24. The highest BCUT2D eigenvalue weighted by atomic mass is 35.5. The van der Waals surface area contributed by atoms with Gasteiger partial charge in [0.1, 0.15) is 12.3 Å². The number of sulfonamides is 1. The zero-order valence-electron chi connectivity index (χ0n) is 23.0. The monoisotopic (exact) mass is 604 g/mol. The van der Waals surface area contributed by atoms with Crippen LogP contribution < -0.4 is 19.8 Å². The van der Waals surface area contributed by atoms with E-state index in [0.29, 0.717) is 22.0 Å². The summed E-state index contributed by atoms with van der Waals surface area (Å²) in [7, 11) is -4.07.